The predicted molar refractivity (Wildman–Crippen MR) is 84.4 cm³/mol. The lowest BCUT2D eigenvalue weighted by atomic mass is 10.2. The summed E-state index contributed by atoms with van der Waals surface area (Å²) >= 11 is 0. The Labute approximate surface area is 127 Å². The van der Waals surface area contributed by atoms with Gasteiger partial charge in [0, 0.05) is 32.2 Å². The topological polar surface area (TPSA) is 53.4 Å². The van der Waals surface area contributed by atoms with E-state index in [0.29, 0.717) is 0 Å². The summed E-state index contributed by atoms with van der Waals surface area (Å²) in [6.45, 7) is 10.1. The Bertz CT molecular complexity index is 464. The van der Waals surface area contributed by atoms with Gasteiger partial charge in [0.25, 0.3) is 0 Å². The molecule has 0 spiro atoms. The maximum Gasteiger partial charge on any atom is 0.242 e. The van der Waals surface area contributed by atoms with Gasteiger partial charge < -0.3 is 10.2 Å². The van der Waals surface area contributed by atoms with Crippen molar-refractivity contribution in [2.75, 3.05) is 38.5 Å². The van der Waals surface area contributed by atoms with E-state index >= 15 is 0 Å². The zero-order valence-electron chi connectivity index (χ0n) is 13.5. The molecule has 1 aromatic heterocycles. The highest BCUT2D eigenvalue weighted by Crippen LogP contribution is 2.17. The summed E-state index contributed by atoms with van der Waals surface area (Å²) in [6, 6.07) is 2.04. The van der Waals surface area contributed by atoms with Crippen LogP contribution in [0.1, 0.15) is 33.2 Å². The quantitative estimate of drug-likeness (QED) is 0.892. The first-order valence-corrected chi connectivity index (χ1v) is 7.80. The van der Waals surface area contributed by atoms with Crippen molar-refractivity contribution in [2.24, 2.45) is 0 Å². The molecule has 1 fully saturated rings. The van der Waals surface area contributed by atoms with E-state index in [2.05, 4.69) is 41.1 Å². The number of carbonyl (C=O) groups is 1. The minimum atomic E-state index is -0.112. The number of nitrogens with zero attached hydrogens (tertiary/aromatic N) is 4. The van der Waals surface area contributed by atoms with E-state index in [1.54, 1.807) is 6.20 Å². The fourth-order valence-corrected chi connectivity index (χ4v) is 2.54. The van der Waals surface area contributed by atoms with Gasteiger partial charge in [-0.1, -0.05) is 6.92 Å². The average molecular weight is 293 g/mol. The molecular formula is C15H27N5O. The van der Waals surface area contributed by atoms with Gasteiger partial charge in [-0.2, -0.15) is 5.10 Å². The maximum absolute atomic E-state index is 12.4. The van der Waals surface area contributed by atoms with E-state index in [4.69, 9.17) is 0 Å². The van der Waals surface area contributed by atoms with Gasteiger partial charge in [0.15, 0.2) is 0 Å². The molecule has 6 heteroatoms. The summed E-state index contributed by atoms with van der Waals surface area (Å²) < 4.78 is 1.88. The molecule has 6 nitrogen and oxygen atoms in total. The normalized spacial score (nSPS) is 20.2. The lowest BCUT2D eigenvalue weighted by Gasteiger charge is -2.35. The number of anilines is 1. The standard InChI is InChI=1S/C15H27N5O/c1-5-12(2)20-14(6-7-16-20)17-15(21)13(3)19-10-8-18(4)9-11-19/h6-7,12-13H,5,8-11H2,1-4H3,(H,17,21)/t12-,13-/m1/s1. The van der Waals surface area contributed by atoms with Crippen LogP contribution in [0.25, 0.3) is 0 Å². The zero-order chi connectivity index (χ0) is 15.4. The summed E-state index contributed by atoms with van der Waals surface area (Å²) in [4.78, 5) is 17.0. The van der Waals surface area contributed by atoms with Gasteiger partial charge >= 0.3 is 0 Å². The smallest absolute Gasteiger partial charge is 0.242 e. The zero-order valence-corrected chi connectivity index (χ0v) is 13.5. The van der Waals surface area contributed by atoms with Crippen molar-refractivity contribution in [1.29, 1.82) is 0 Å². The number of piperazine rings is 1. The minimum Gasteiger partial charge on any atom is -0.310 e. The molecule has 1 N–H and O–H groups in total. The number of hydrogen-bond acceptors (Lipinski definition) is 4. The second-order valence-electron chi connectivity index (χ2n) is 5.92. The first-order valence-electron chi connectivity index (χ1n) is 7.80. The molecule has 21 heavy (non-hydrogen) atoms. The molecule has 1 saturated heterocycles. The van der Waals surface area contributed by atoms with Crippen LogP contribution in [-0.4, -0.2) is 64.8 Å². The summed E-state index contributed by atoms with van der Waals surface area (Å²) in [5.41, 5.74) is 0. The van der Waals surface area contributed by atoms with E-state index in [9.17, 15) is 4.79 Å². The van der Waals surface area contributed by atoms with Crippen LogP contribution in [0.2, 0.25) is 0 Å². The Kier molecular flexibility index (Phi) is 5.36. The van der Waals surface area contributed by atoms with Crippen LogP contribution in [0.5, 0.6) is 0 Å². The molecule has 118 valence electrons. The van der Waals surface area contributed by atoms with Gasteiger partial charge in [-0.3, -0.25) is 9.69 Å². The summed E-state index contributed by atoms with van der Waals surface area (Å²) in [5, 5.41) is 7.32. The van der Waals surface area contributed by atoms with Crippen LogP contribution in [0.3, 0.4) is 0 Å². The number of amides is 1. The highest BCUT2D eigenvalue weighted by Gasteiger charge is 2.25. The van der Waals surface area contributed by atoms with E-state index in [1.807, 2.05) is 17.7 Å². The molecule has 0 bridgehead atoms. The van der Waals surface area contributed by atoms with Crippen LogP contribution in [0.15, 0.2) is 12.3 Å². The number of nitrogens with one attached hydrogen (secondary N) is 1. The van der Waals surface area contributed by atoms with Gasteiger partial charge in [0.2, 0.25) is 5.91 Å². The highest BCUT2D eigenvalue weighted by atomic mass is 16.2. The Morgan fingerprint density at radius 2 is 2.00 bits per heavy atom. The van der Waals surface area contributed by atoms with E-state index in [-0.39, 0.29) is 18.0 Å². The molecule has 2 atom stereocenters. The van der Waals surface area contributed by atoms with Gasteiger partial charge in [-0.05, 0) is 27.3 Å². The fourth-order valence-electron chi connectivity index (χ4n) is 2.54. The van der Waals surface area contributed by atoms with Crippen molar-refractivity contribution < 1.29 is 4.79 Å². The second-order valence-corrected chi connectivity index (χ2v) is 5.92. The van der Waals surface area contributed by atoms with E-state index < -0.39 is 0 Å². The molecule has 0 unspecified atom stereocenters. The number of rotatable bonds is 5. The van der Waals surface area contributed by atoms with Crippen LogP contribution < -0.4 is 5.32 Å². The van der Waals surface area contributed by atoms with Crippen molar-refractivity contribution in [3.8, 4) is 0 Å². The molecule has 1 amide bonds. The second kappa shape index (κ2) is 7.04. The molecule has 1 aliphatic rings. The Balaban J connectivity index is 1.96. The Morgan fingerprint density at radius 1 is 1.33 bits per heavy atom. The first-order chi connectivity index (χ1) is 10.0. The molecule has 2 rings (SSSR count). The number of aromatic nitrogens is 2. The molecule has 1 aromatic rings. The molecular weight excluding hydrogens is 266 g/mol. The maximum atomic E-state index is 12.4. The summed E-state index contributed by atoms with van der Waals surface area (Å²) in [7, 11) is 2.12. The summed E-state index contributed by atoms with van der Waals surface area (Å²) in [5.74, 6) is 0.833. The molecule has 1 aliphatic heterocycles. The third kappa shape index (κ3) is 3.83. The monoisotopic (exact) mass is 293 g/mol. The van der Waals surface area contributed by atoms with Crippen molar-refractivity contribution in [1.82, 2.24) is 19.6 Å². The van der Waals surface area contributed by atoms with Crippen molar-refractivity contribution in [3.05, 3.63) is 12.3 Å². The van der Waals surface area contributed by atoms with Crippen molar-refractivity contribution in [3.63, 3.8) is 0 Å². The van der Waals surface area contributed by atoms with Gasteiger partial charge in [0.1, 0.15) is 5.82 Å². The Morgan fingerprint density at radius 3 is 2.62 bits per heavy atom. The first kappa shape index (κ1) is 16.0. The van der Waals surface area contributed by atoms with Crippen molar-refractivity contribution >= 4 is 11.7 Å². The van der Waals surface area contributed by atoms with Crippen LogP contribution in [-0.2, 0) is 4.79 Å². The minimum absolute atomic E-state index is 0.0459. The molecule has 0 aromatic carbocycles. The SMILES string of the molecule is CC[C@@H](C)n1nccc1NC(=O)[C@@H](C)N1CCN(C)CC1. The van der Waals surface area contributed by atoms with Crippen LogP contribution in [0, 0.1) is 0 Å². The third-order valence-electron chi connectivity index (χ3n) is 4.39. The molecule has 0 aliphatic carbocycles. The summed E-state index contributed by atoms with van der Waals surface area (Å²) in [6.07, 6.45) is 2.72. The molecule has 0 saturated carbocycles. The van der Waals surface area contributed by atoms with Crippen molar-refractivity contribution in [2.45, 2.75) is 39.3 Å². The molecule has 2 heterocycles. The van der Waals surface area contributed by atoms with Crippen LogP contribution >= 0.6 is 0 Å². The number of carbonyl (C=O) groups excluding carboxylic acids is 1. The van der Waals surface area contributed by atoms with E-state index in [1.165, 1.54) is 0 Å². The van der Waals surface area contributed by atoms with Gasteiger partial charge in [0.05, 0.1) is 18.3 Å². The van der Waals surface area contributed by atoms with Gasteiger partial charge in [-0.15, -0.1) is 0 Å². The van der Waals surface area contributed by atoms with E-state index in [0.717, 1.165) is 38.4 Å². The number of hydrogen-bond donors (Lipinski definition) is 1. The fraction of sp³-hybridized carbons (Fsp3) is 0.733. The average Bonchev–Trinajstić information content (AvgIpc) is 2.94. The lowest BCUT2D eigenvalue weighted by Crippen LogP contribution is -2.51. The Hall–Kier alpha value is -1.40. The highest BCUT2D eigenvalue weighted by molar-refractivity contribution is 5.93. The molecule has 0 radical (unpaired) electrons. The lowest BCUT2D eigenvalue weighted by molar-refractivity contribution is -0.121. The van der Waals surface area contributed by atoms with Gasteiger partial charge in [-0.25, -0.2) is 4.68 Å². The van der Waals surface area contributed by atoms with Crippen LogP contribution in [0.4, 0.5) is 5.82 Å². The third-order valence-corrected chi connectivity index (χ3v) is 4.39. The predicted octanol–water partition coefficient (Wildman–Crippen LogP) is 1.43. The largest absolute Gasteiger partial charge is 0.310 e. The number of likely N-dealkylation sites (N-methyl/N-ethyl adjacent to an activating group) is 1.